The number of ether oxygens (including phenoxy) is 1. The predicted octanol–water partition coefficient (Wildman–Crippen LogP) is 1.97. The lowest BCUT2D eigenvalue weighted by Gasteiger charge is -2.22. The molecule has 2 saturated heterocycles. The first-order chi connectivity index (χ1) is 10.8. The predicted molar refractivity (Wildman–Crippen MR) is 90.3 cm³/mol. The highest BCUT2D eigenvalue weighted by Gasteiger charge is 2.40. The summed E-state index contributed by atoms with van der Waals surface area (Å²) in [6, 6.07) is 10.7. The third kappa shape index (κ3) is 3.91. The molecule has 3 rings (SSSR count). The summed E-state index contributed by atoms with van der Waals surface area (Å²) >= 11 is 0. The number of fused-ring (bicyclic) bond motifs is 2. The molecule has 0 spiro atoms. The van der Waals surface area contributed by atoms with E-state index in [-0.39, 0.29) is 0 Å². The highest BCUT2D eigenvalue weighted by atomic mass is 16.5. The molecular formula is C17H26N4O. The van der Waals surface area contributed by atoms with E-state index in [2.05, 4.69) is 33.1 Å². The van der Waals surface area contributed by atoms with Gasteiger partial charge in [-0.05, 0) is 37.8 Å². The molecule has 120 valence electrons. The molecule has 2 heterocycles. The van der Waals surface area contributed by atoms with Crippen molar-refractivity contribution in [3.63, 3.8) is 0 Å². The van der Waals surface area contributed by atoms with Crippen LogP contribution in [0.25, 0.3) is 0 Å². The van der Waals surface area contributed by atoms with Crippen LogP contribution in [-0.2, 0) is 4.74 Å². The SMILES string of the molecule is CN=C(NCCCNc1ccccc1)NC1CC2CCC1O2. The highest BCUT2D eigenvalue weighted by molar-refractivity contribution is 5.80. The van der Waals surface area contributed by atoms with Gasteiger partial charge in [0.05, 0.1) is 18.2 Å². The molecule has 2 aliphatic rings. The Kier molecular flexibility index (Phi) is 5.16. The van der Waals surface area contributed by atoms with Crippen LogP contribution in [0.15, 0.2) is 35.3 Å². The molecule has 0 amide bonds. The van der Waals surface area contributed by atoms with E-state index in [0.29, 0.717) is 18.2 Å². The maximum absolute atomic E-state index is 5.87. The number of aliphatic imine (C=N–C) groups is 1. The van der Waals surface area contributed by atoms with Gasteiger partial charge < -0.3 is 20.7 Å². The quantitative estimate of drug-likeness (QED) is 0.427. The number of para-hydroxylation sites is 1. The molecule has 1 aromatic carbocycles. The van der Waals surface area contributed by atoms with Gasteiger partial charge in [-0.1, -0.05) is 18.2 Å². The number of hydrogen-bond acceptors (Lipinski definition) is 3. The van der Waals surface area contributed by atoms with Crippen molar-refractivity contribution in [2.24, 2.45) is 4.99 Å². The summed E-state index contributed by atoms with van der Waals surface area (Å²) in [7, 11) is 1.83. The second kappa shape index (κ2) is 7.49. The second-order valence-corrected chi connectivity index (χ2v) is 6.01. The number of rotatable bonds is 6. The lowest BCUT2D eigenvalue weighted by atomic mass is 9.96. The Balaban J connectivity index is 1.32. The molecule has 2 bridgehead atoms. The zero-order valence-electron chi connectivity index (χ0n) is 13.2. The zero-order valence-corrected chi connectivity index (χ0v) is 13.2. The van der Waals surface area contributed by atoms with Crippen LogP contribution >= 0.6 is 0 Å². The Morgan fingerprint density at radius 2 is 2.09 bits per heavy atom. The number of benzene rings is 1. The number of nitrogens with zero attached hydrogens (tertiary/aromatic N) is 1. The molecule has 0 aliphatic carbocycles. The lowest BCUT2D eigenvalue weighted by Crippen LogP contribution is -2.47. The van der Waals surface area contributed by atoms with Crippen LogP contribution in [0.1, 0.15) is 25.7 Å². The third-order valence-electron chi connectivity index (χ3n) is 4.40. The van der Waals surface area contributed by atoms with E-state index in [1.807, 2.05) is 25.2 Å². The van der Waals surface area contributed by atoms with Crippen LogP contribution in [0.3, 0.4) is 0 Å². The molecule has 0 radical (unpaired) electrons. The lowest BCUT2D eigenvalue weighted by molar-refractivity contribution is 0.0992. The average molecular weight is 302 g/mol. The maximum Gasteiger partial charge on any atom is 0.191 e. The number of nitrogens with one attached hydrogen (secondary N) is 3. The Morgan fingerprint density at radius 3 is 2.77 bits per heavy atom. The van der Waals surface area contributed by atoms with E-state index in [0.717, 1.165) is 31.9 Å². The van der Waals surface area contributed by atoms with E-state index in [4.69, 9.17) is 4.74 Å². The van der Waals surface area contributed by atoms with Gasteiger partial charge in [0.25, 0.3) is 0 Å². The van der Waals surface area contributed by atoms with Gasteiger partial charge in [0.2, 0.25) is 0 Å². The fourth-order valence-corrected chi connectivity index (χ4v) is 3.24. The Bertz CT molecular complexity index is 491. The summed E-state index contributed by atoms with van der Waals surface area (Å²) in [5.41, 5.74) is 1.17. The monoisotopic (exact) mass is 302 g/mol. The molecule has 2 aliphatic heterocycles. The van der Waals surface area contributed by atoms with Crippen LogP contribution in [0.2, 0.25) is 0 Å². The van der Waals surface area contributed by atoms with Crippen molar-refractivity contribution >= 4 is 11.6 Å². The van der Waals surface area contributed by atoms with Crippen molar-refractivity contribution < 1.29 is 4.74 Å². The van der Waals surface area contributed by atoms with Crippen molar-refractivity contribution in [3.8, 4) is 0 Å². The number of hydrogen-bond donors (Lipinski definition) is 3. The summed E-state index contributed by atoms with van der Waals surface area (Å²) < 4.78 is 5.87. The molecule has 22 heavy (non-hydrogen) atoms. The first-order valence-corrected chi connectivity index (χ1v) is 8.27. The molecular weight excluding hydrogens is 276 g/mol. The zero-order chi connectivity index (χ0) is 15.2. The van der Waals surface area contributed by atoms with Gasteiger partial charge in [-0.25, -0.2) is 0 Å². The third-order valence-corrected chi connectivity index (χ3v) is 4.40. The van der Waals surface area contributed by atoms with Crippen LogP contribution < -0.4 is 16.0 Å². The largest absolute Gasteiger partial charge is 0.385 e. The minimum atomic E-state index is 0.378. The second-order valence-electron chi connectivity index (χ2n) is 6.01. The van der Waals surface area contributed by atoms with Gasteiger partial charge in [-0.15, -0.1) is 0 Å². The molecule has 3 atom stereocenters. The van der Waals surface area contributed by atoms with Gasteiger partial charge in [0.15, 0.2) is 5.96 Å². The Hall–Kier alpha value is -1.75. The summed E-state index contributed by atoms with van der Waals surface area (Å²) in [5.74, 6) is 0.890. The Labute approximate surface area is 132 Å². The normalized spacial score (nSPS) is 27.0. The summed E-state index contributed by atoms with van der Waals surface area (Å²) in [4.78, 5) is 4.31. The molecule has 3 unspecified atom stereocenters. The molecule has 5 nitrogen and oxygen atoms in total. The first kappa shape index (κ1) is 15.2. The van der Waals surface area contributed by atoms with E-state index in [9.17, 15) is 0 Å². The van der Waals surface area contributed by atoms with Gasteiger partial charge in [0, 0.05) is 25.8 Å². The van der Waals surface area contributed by atoms with Crippen molar-refractivity contribution in [3.05, 3.63) is 30.3 Å². The maximum atomic E-state index is 5.87. The average Bonchev–Trinajstić information content (AvgIpc) is 3.17. The minimum Gasteiger partial charge on any atom is -0.385 e. The molecule has 0 saturated carbocycles. The fourth-order valence-electron chi connectivity index (χ4n) is 3.24. The van der Waals surface area contributed by atoms with Crippen LogP contribution in [0.5, 0.6) is 0 Å². The van der Waals surface area contributed by atoms with Crippen molar-refractivity contribution in [1.29, 1.82) is 0 Å². The first-order valence-electron chi connectivity index (χ1n) is 8.27. The van der Waals surface area contributed by atoms with E-state index in [1.165, 1.54) is 18.5 Å². The summed E-state index contributed by atoms with van der Waals surface area (Å²) in [5, 5.41) is 10.3. The number of guanidine groups is 1. The molecule has 2 fully saturated rings. The molecule has 0 aromatic heterocycles. The van der Waals surface area contributed by atoms with Crippen molar-refractivity contribution in [2.75, 3.05) is 25.5 Å². The van der Waals surface area contributed by atoms with Crippen LogP contribution in [-0.4, -0.2) is 44.3 Å². The topological polar surface area (TPSA) is 57.7 Å². The fraction of sp³-hybridized carbons (Fsp3) is 0.588. The van der Waals surface area contributed by atoms with Crippen LogP contribution in [0.4, 0.5) is 5.69 Å². The van der Waals surface area contributed by atoms with Gasteiger partial charge in [0.1, 0.15) is 0 Å². The van der Waals surface area contributed by atoms with Crippen molar-refractivity contribution in [2.45, 2.75) is 43.9 Å². The Morgan fingerprint density at radius 1 is 1.23 bits per heavy atom. The van der Waals surface area contributed by atoms with E-state index >= 15 is 0 Å². The molecule has 1 aromatic rings. The number of anilines is 1. The van der Waals surface area contributed by atoms with E-state index in [1.54, 1.807) is 0 Å². The van der Waals surface area contributed by atoms with Crippen molar-refractivity contribution in [1.82, 2.24) is 10.6 Å². The standard InChI is InChI=1S/C17H26N4O/c1-18-17(21-15-12-14-8-9-16(15)22-14)20-11-5-10-19-13-6-3-2-4-7-13/h2-4,6-7,14-16,19H,5,8-12H2,1H3,(H2,18,20,21). The smallest absolute Gasteiger partial charge is 0.191 e. The van der Waals surface area contributed by atoms with E-state index < -0.39 is 0 Å². The highest BCUT2D eigenvalue weighted by Crippen LogP contribution is 2.34. The van der Waals surface area contributed by atoms with Gasteiger partial charge >= 0.3 is 0 Å². The van der Waals surface area contributed by atoms with Crippen LogP contribution in [0, 0.1) is 0 Å². The molecule has 5 heteroatoms. The molecule has 3 N–H and O–H groups in total. The summed E-state index contributed by atoms with van der Waals surface area (Å²) in [6.07, 6.45) is 5.41. The van der Waals surface area contributed by atoms with Gasteiger partial charge in [-0.3, -0.25) is 4.99 Å². The summed E-state index contributed by atoms with van der Waals surface area (Å²) in [6.45, 7) is 1.85. The van der Waals surface area contributed by atoms with Gasteiger partial charge in [-0.2, -0.15) is 0 Å². The minimum absolute atomic E-state index is 0.378.